The van der Waals surface area contributed by atoms with Gasteiger partial charge in [-0.1, -0.05) is 66.0 Å². The third kappa shape index (κ3) is 4.43. The summed E-state index contributed by atoms with van der Waals surface area (Å²) in [4.78, 5) is 8.77. The van der Waals surface area contributed by atoms with E-state index < -0.39 is 0 Å². The Morgan fingerprint density at radius 2 is 1.27 bits per heavy atom. The Morgan fingerprint density at radius 1 is 0.556 bits per heavy atom. The number of pyridine rings is 2. The number of hydrogen-bond acceptors (Lipinski definition) is 3. The standard InChI is InChI=1S/C29H15N2S.C11H8N.Ir/c1-3-10-24-19(8-1)27-28-21(16-22-18-7-2-4-11-26(18)32-29(22)27)20-15-17(12-13-25(20)31(24)28)23-9-5-6-14-30-23;1-2-6-10(7-3-1)11-8-4-5-9-12-11;/h1-11,13-16H;1-6,8-9H;/q2*-1;. The van der Waals surface area contributed by atoms with Gasteiger partial charge in [-0.05, 0) is 52.6 Å². The molecule has 0 aliphatic heterocycles. The van der Waals surface area contributed by atoms with Crippen molar-refractivity contribution in [3.05, 3.63) is 152 Å². The van der Waals surface area contributed by atoms with Crippen molar-refractivity contribution in [1.29, 1.82) is 0 Å². The third-order valence-electron chi connectivity index (χ3n) is 8.33. The molecular weight excluding hydrogens is 747 g/mol. The van der Waals surface area contributed by atoms with Crippen LogP contribution in [-0.2, 0) is 20.1 Å². The van der Waals surface area contributed by atoms with Crippen molar-refractivity contribution in [2.24, 2.45) is 0 Å². The van der Waals surface area contributed by atoms with E-state index in [2.05, 4.69) is 93.2 Å². The van der Waals surface area contributed by atoms with Crippen molar-refractivity contribution in [3.63, 3.8) is 0 Å². The average molecular weight is 770 g/mol. The summed E-state index contributed by atoms with van der Waals surface area (Å²) < 4.78 is 5.15. The number of aromatic nitrogens is 3. The molecule has 45 heavy (non-hydrogen) atoms. The fraction of sp³-hybridized carbons (Fsp3) is 0. The van der Waals surface area contributed by atoms with Crippen molar-refractivity contribution in [1.82, 2.24) is 14.4 Å². The van der Waals surface area contributed by atoms with Crippen molar-refractivity contribution in [2.45, 2.75) is 0 Å². The van der Waals surface area contributed by atoms with E-state index >= 15 is 0 Å². The van der Waals surface area contributed by atoms with Gasteiger partial charge in [0, 0.05) is 69.0 Å². The topological polar surface area (TPSA) is 30.2 Å². The van der Waals surface area contributed by atoms with Crippen molar-refractivity contribution >= 4 is 69.6 Å². The number of fused-ring (bicyclic) bond motifs is 10. The van der Waals surface area contributed by atoms with E-state index in [9.17, 15) is 0 Å². The largest absolute Gasteiger partial charge is 0.350 e. The van der Waals surface area contributed by atoms with Crippen LogP contribution in [0.25, 0.3) is 80.8 Å². The quantitative estimate of drug-likeness (QED) is 0.164. The van der Waals surface area contributed by atoms with Crippen LogP contribution in [0.15, 0.2) is 140 Å². The molecule has 5 aromatic heterocycles. The summed E-state index contributed by atoms with van der Waals surface area (Å²) >= 11 is 1.90. The van der Waals surface area contributed by atoms with Gasteiger partial charge >= 0.3 is 0 Å². The molecule has 3 nitrogen and oxygen atoms in total. The van der Waals surface area contributed by atoms with Crippen molar-refractivity contribution < 1.29 is 20.1 Å². The monoisotopic (exact) mass is 770 g/mol. The van der Waals surface area contributed by atoms with Gasteiger partial charge in [-0.2, -0.15) is 0 Å². The van der Waals surface area contributed by atoms with Gasteiger partial charge in [0.05, 0.1) is 5.52 Å². The van der Waals surface area contributed by atoms with Crippen LogP contribution in [0.2, 0.25) is 0 Å². The number of nitrogens with zero attached hydrogens (tertiary/aromatic N) is 3. The molecule has 1 radical (unpaired) electrons. The smallest absolute Gasteiger partial charge is 0.0531 e. The maximum absolute atomic E-state index is 4.56. The minimum absolute atomic E-state index is 0. The second-order valence-electron chi connectivity index (χ2n) is 10.8. The number of rotatable bonds is 2. The number of para-hydroxylation sites is 1. The number of thiophene rings is 1. The Hall–Kier alpha value is -4.93. The molecule has 0 aliphatic carbocycles. The van der Waals surface area contributed by atoms with E-state index in [1.165, 1.54) is 58.3 Å². The maximum Gasteiger partial charge on any atom is 0.0531 e. The molecule has 0 saturated heterocycles. The number of benzene rings is 5. The predicted octanol–water partition coefficient (Wildman–Crippen LogP) is 10.6. The zero-order valence-corrected chi connectivity index (χ0v) is 27.1. The van der Waals surface area contributed by atoms with Gasteiger partial charge in [-0.15, -0.1) is 71.0 Å². The predicted molar refractivity (Wildman–Crippen MR) is 185 cm³/mol. The zero-order valence-electron chi connectivity index (χ0n) is 23.9. The van der Waals surface area contributed by atoms with E-state index in [1.807, 2.05) is 78.2 Å². The van der Waals surface area contributed by atoms with Crippen LogP contribution in [0.4, 0.5) is 0 Å². The molecule has 5 aromatic carbocycles. The first-order chi connectivity index (χ1) is 21.8. The molecule has 0 N–H and O–H groups in total. The Kier molecular flexibility index (Phi) is 6.88. The van der Waals surface area contributed by atoms with E-state index in [1.54, 1.807) is 6.20 Å². The summed E-state index contributed by atoms with van der Waals surface area (Å²) in [5.74, 6) is 0. The molecule has 0 aliphatic rings. The van der Waals surface area contributed by atoms with Gasteiger partial charge in [0.15, 0.2) is 0 Å². The zero-order chi connectivity index (χ0) is 29.0. The Labute approximate surface area is 277 Å². The van der Waals surface area contributed by atoms with Crippen LogP contribution in [0.5, 0.6) is 0 Å². The molecule has 0 fully saturated rings. The Bertz CT molecular complexity index is 2550. The van der Waals surface area contributed by atoms with Gasteiger partial charge in [0.2, 0.25) is 0 Å². The van der Waals surface area contributed by atoms with Gasteiger partial charge in [-0.3, -0.25) is 0 Å². The Morgan fingerprint density at radius 3 is 2.02 bits per heavy atom. The molecule has 0 unspecified atom stereocenters. The van der Waals surface area contributed by atoms with Crippen LogP contribution >= 0.6 is 11.3 Å². The maximum atomic E-state index is 4.56. The first-order valence-electron chi connectivity index (χ1n) is 14.6. The van der Waals surface area contributed by atoms with E-state index in [-0.39, 0.29) is 20.1 Å². The van der Waals surface area contributed by atoms with Gasteiger partial charge < -0.3 is 14.4 Å². The van der Waals surface area contributed by atoms with E-state index in [0.717, 1.165) is 22.5 Å². The third-order valence-corrected chi connectivity index (χ3v) is 9.53. The Balaban J connectivity index is 0.000000196. The molecule has 0 spiro atoms. The average Bonchev–Trinajstić information content (AvgIpc) is 3.76. The molecular formula is C40H23IrN3S-2. The summed E-state index contributed by atoms with van der Waals surface area (Å²) in [6.45, 7) is 0. The summed E-state index contributed by atoms with van der Waals surface area (Å²) in [5, 5.41) is 7.92. The van der Waals surface area contributed by atoms with Crippen LogP contribution in [-0.4, -0.2) is 14.4 Å². The normalized spacial score (nSPS) is 11.4. The summed E-state index contributed by atoms with van der Waals surface area (Å²) in [5.41, 5.74) is 7.76. The van der Waals surface area contributed by atoms with Gasteiger partial charge in [0.25, 0.3) is 0 Å². The molecule has 0 amide bonds. The molecule has 0 bridgehead atoms. The SMILES string of the molecule is [Ir].[c-]1cc2c(cc1-c1ccccn1)c1cc3c4ccccc4sc3c3c4ccccc4n2c13.[c-]1ccccc1-c1ccccn1. The summed E-state index contributed by atoms with van der Waals surface area (Å²) in [7, 11) is 0. The first kappa shape index (κ1) is 27.6. The molecule has 0 atom stereocenters. The minimum atomic E-state index is 0. The summed E-state index contributed by atoms with van der Waals surface area (Å²) in [6, 6.07) is 50.7. The van der Waals surface area contributed by atoms with Crippen molar-refractivity contribution in [2.75, 3.05) is 0 Å². The van der Waals surface area contributed by atoms with Crippen LogP contribution < -0.4 is 0 Å². The molecule has 10 rings (SSSR count). The molecule has 10 aromatic rings. The second kappa shape index (κ2) is 11.2. The molecule has 5 heterocycles. The fourth-order valence-electron chi connectivity index (χ4n) is 6.42. The van der Waals surface area contributed by atoms with Gasteiger partial charge in [-0.25, -0.2) is 0 Å². The van der Waals surface area contributed by atoms with Crippen LogP contribution in [0.3, 0.4) is 0 Å². The van der Waals surface area contributed by atoms with Gasteiger partial charge in [0.1, 0.15) is 0 Å². The first-order valence-corrected chi connectivity index (χ1v) is 15.4. The summed E-state index contributed by atoms with van der Waals surface area (Å²) in [6.07, 6.45) is 3.63. The van der Waals surface area contributed by atoms with Crippen LogP contribution in [0.1, 0.15) is 0 Å². The van der Waals surface area contributed by atoms with Crippen LogP contribution in [0, 0.1) is 12.1 Å². The minimum Gasteiger partial charge on any atom is -0.350 e. The van der Waals surface area contributed by atoms with E-state index in [0.29, 0.717) is 0 Å². The number of hydrogen-bond donors (Lipinski definition) is 0. The van der Waals surface area contributed by atoms with Crippen molar-refractivity contribution in [3.8, 4) is 22.5 Å². The molecule has 5 heteroatoms. The molecule has 0 saturated carbocycles. The second-order valence-corrected chi connectivity index (χ2v) is 11.9. The molecule has 215 valence electrons. The van der Waals surface area contributed by atoms with E-state index in [4.69, 9.17) is 0 Å². The fourth-order valence-corrected chi connectivity index (χ4v) is 7.66.